The third kappa shape index (κ3) is 3.65. The lowest BCUT2D eigenvalue weighted by Gasteiger charge is -2.26. The van der Waals surface area contributed by atoms with Crippen LogP contribution in [0.3, 0.4) is 0 Å². The van der Waals surface area contributed by atoms with E-state index in [9.17, 15) is 15.0 Å². The molecule has 0 aliphatic carbocycles. The SMILES string of the molecule is CC(C)(C(=O)O)[C@H](O)c1cccc(OCc2ccccc2)c1. The fraction of sp³-hybridized carbons (Fsp3) is 0.278. The van der Waals surface area contributed by atoms with E-state index in [1.807, 2.05) is 30.3 Å². The standard InChI is InChI=1S/C18H20O4/c1-18(2,17(20)21)16(19)14-9-6-10-15(11-14)22-12-13-7-4-3-5-8-13/h3-11,16,19H,12H2,1-2H3,(H,20,21)/t16-/m1/s1. The molecule has 1 atom stereocenters. The number of rotatable bonds is 6. The monoisotopic (exact) mass is 300 g/mol. The number of aliphatic carboxylic acids is 1. The number of aliphatic hydroxyl groups is 1. The molecule has 4 heteroatoms. The van der Waals surface area contributed by atoms with E-state index < -0.39 is 17.5 Å². The van der Waals surface area contributed by atoms with Crippen LogP contribution >= 0.6 is 0 Å². The lowest BCUT2D eigenvalue weighted by atomic mass is 9.83. The van der Waals surface area contributed by atoms with Crippen molar-refractivity contribution >= 4 is 5.97 Å². The average molecular weight is 300 g/mol. The molecule has 0 radical (unpaired) electrons. The summed E-state index contributed by atoms with van der Waals surface area (Å²) in [6, 6.07) is 16.7. The molecule has 0 saturated heterocycles. The van der Waals surface area contributed by atoms with Gasteiger partial charge in [0.2, 0.25) is 0 Å². The van der Waals surface area contributed by atoms with E-state index in [1.54, 1.807) is 24.3 Å². The third-order valence-corrected chi connectivity index (χ3v) is 3.66. The molecule has 4 nitrogen and oxygen atoms in total. The highest BCUT2D eigenvalue weighted by Crippen LogP contribution is 2.34. The number of carboxylic acids is 1. The van der Waals surface area contributed by atoms with Crippen LogP contribution in [-0.4, -0.2) is 16.2 Å². The smallest absolute Gasteiger partial charge is 0.312 e. The molecule has 0 fully saturated rings. The topological polar surface area (TPSA) is 66.8 Å². The predicted molar refractivity (Wildman–Crippen MR) is 83.6 cm³/mol. The van der Waals surface area contributed by atoms with Crippen molar-refractivity contribution in [2.45, 2.75) is 26.6 Å². The molecule has 2 aromatic carbocycles. The van der Waals surface area contributed by atoms with Crippen LogP contribution in [0, 0.1) is 5.41 Å². The van der Waals surface area contributed by atoms with Gasteiger partial charge in [0.15, 0.2) is 0 Å². The highest BCUT2D eigenvalue weighted by Gasteiger charge is 2.36. The molecule has 2 aromatic rings. The second-order valence-corrected chi connectivity index (χ2v) is 5.78. The molecule has 22 heavy (non-hydrogen) atoms. The number of hydrogen-bond donors (Lipinski definition) is 2. The Bertz CT molecular complexity index is 635. The van der Waals surface area contributed by atoms with Gasteiger partial charge in [-0.15, -0.1) is 0 Å². The Balaban J connectivity index is 2.11. The number of carbonyl (C=O) groups is 1. The molecule has 0 aromatic heterocycles. The van der Waals surface area contributed by atoms with E-state index in [1.165, 1.54) is 13.8 Å². The van der Waals surface area contributed by atoms with Crippen molar-refractivity contribution in [2.75, 3.05) is 0 Å². The summed E-state index contributed by atoms with van der Waals surface area (Å²) in [4.78, 5) is 11.2. The maximum Gasteiger partial charge on any atom is 0.312 e. The van der Waals surface area contributed by atoms with Crippen molar-refractivity contribution in [1.29, 1.82) is 0 Å². The van der Waals surface area contributed by atoms with Crippen LogP contribution in [0.1, 0.15) is 31.1 Å². The number of aliphatic hydroxyl groups excluding tert-OH is 1. The molecule has 0 bridgehead atoms. The first kappa shape index (κ1) is 16.0. The minimum Gasteiger partial charge on any atom is -0.489 e. The Morgan fingerprint density at radius 1 is 1.14 bits per heavy atom. The van der Waals surface area contributed by atoms with Crippen LogP contribution in [0.15, 0.2) is 54.6 Å². The van der Waals surface area contributed by atoms with Crippen LogP contribution in [-0.2, 0) is 11.4 Å². The number of hydrogen-bond acceptors (Lipinski definition) is 3. The zero-order chi connectivity index (χ0) is 16.2. The Hall–Kier alpha value is -2.33. The number of benzene rings is 2. The van der Waals surface area contributed by atoms with Gasteiger partial charge in [-0.25, -0.2) is 0 Å². The van der Waals surface area contributed by atoms with Gasteiger partial charge in [-0.05, 0) is 37.1 Å². The molecule has 0 amide bonds. The quantitative estimate of drug-likeness (QED) is 0.858. The number of carboxylic acid groups (broad SMARTS) is 1. The molecule has 2 N–H and O–H groups in total. The first-order chi connectivity index (χ1) is 10.4. The van der Waals surface area contributed by atoms with Gasteiger partial charge >= 0.3 is 5.97 Å². The fourth-order valence-electron chi connectivity index (χ4n) is 2.05. The van der Waals surface area contributed by atoms with Crippen LogP contribution in [0.2, 0.25) is 0 Å². The zero-order valence-electron chi connectivity index (χ0n) is 12.7. The van der Waals surface area contributed by atoms with E-state index >= 15 is 0 Å². The highest BCUT2D eigenvalue weighted by atomic mass is 16.5. The normalized spacial score (nSPS) is 12.7. The maximum atomic E-state index is 11.2. The average Bonchev–Trinajstić information content (AvgIpc) is 2.53. The van der Waals surface area contributed by atoms with Gasteiger partial charge in [0.25, 0.3) is 0 Å². The zero-order valence-corrected chi connectivity index (χ0v) is 12.7. The van der Waals surface area contributed by atoms with Crippen LogP contribution in [0.4, 0.5) is 0 Å². The third-order valence-electron chi connectivity index (χ3n) is 3.66. The van der Waals surface area contributed by atoms with E-state index in [2.05, 4.69) is 0 Å². The molecule has 0 spiro atoms. The maximum absolute atomic E-state index is 11.2. The van der Waals surface area contributed by atoms with Crippen LogP contribution in [0.25, 0.3) is 0 Å². The molecule has 0 aliphatic heterocycles. The van der Waals surface area contributed by atoms with Gasteiger partial charge < -0.3 is 14.9 Å². The second-order valence-electron chi connectivity index (χ2n) is 5.78. The van der Waals surface area contributed by atoms with Crippen molar-refractivity contribution in [1.82, 2.24) is 0 Å². The van der Waals surface area contributed by atoms with Crippen molar-refractivity contribution in [3.05, 3.63) is 65.7 Å². The van der Waals surface area contributed by atoms with Crippen LogP contribution < -0.4 is 4.74 Å². The van der Waals surface area contributed by atoms with Crippen molar-refractivity contribution in [2.24, 2.45) is 5.41 Å². The molecule has 0 unspecified atom stereocenters. The summed E-state index contributed by atoms with van der Waals surface area (Å²) in [6.45, 7) is 3.41. The van der Waals surface area contributed by atoms with E-state index in [0.717, 1.165) is 5.56 Å². The molecule has 116 valence electrons. The first-order valence-electron chi connectivity index (χ1n) is 7.09. The summed E-state index contributed by atoms with van der Waals surface area (Å²) in [5.74, 6) is -0.447. The Kier molecular flexibility index (Phi) is 4.83. The van der Waals surface area contributed by atoms with Crippen molar-refractivity contribution in [3.8, 4) is 5.75 Å². The van der Waals surface area contributed by atoms with Gasteiger partial charge in [-0.3, -0.25) is 4.79 Å². The first-order valence-corrected chi connectivity index (χ1v) is 7.09. The molecular weight excluding hydrogens is 280 g/mol. The van der Waals surface area contributed by atoms with Crippen LogP contribution in [0.5, 0.6) is 5.75 Å². The van der Waals surface area contributed by atoms with Crippen molar-refractivity contribution < 1.29 is 19.7 Å². The van der Waals surface area contributed by atoms with Gasteiger partial charge in [-0.2, -0.15) is 0 Å². The molecule has 0 heterocycles. The number of ether oxygens (including phenoxy) is 1. The Labute approximate surface area is 130 Å². The van der Waals surface area contributed by atoms with Gasteiger partial charge in [0.05, 0.1) is 11.5 Å². The minimum atomic E-state index is -1.27. The molecule has 0 saturated carbocycles. The second kappa shape index (κ2) is 6.62. The lowest BCUT2D eigenvalue weighted by Crippen LogP contribution is -2.31. The minimum absolute atomic E-state index is 0.419. The van der Waals surface area contributed by atoms with Gasteiger partial charge in [0, 0.05) is 0 Å². The molecule has 2 rings (SSSR count). The predicted octanol–water partition coefficient (Wildman–Crippen LogP) is 3.41. The Morgan fingerprint density at radius 3 is 2.45 bits per heavy atom. The lowest BCUT2D eigenvalue weighted by molar-refractivity contribution is -0.153. The summed E-state index contributed by atoms with van der Waals surface area (Å²) < 4.78 is 5.70. The fourth-order valence-corrected chi connectivity index (χ4v) is 2.05. The summed E-state index contributed by atoms with van der Waals surface area (Å²) in [5, 5.41) is 19.5. The van der Waals surface area contributed by atoms with E-state index in [0.29, 0.717) is 17.9 Å². The van der Waals surface area contributed by atoms with E-state index in [4.69, 9.17) is 4.74 Å². The Morgan fingerprint density at radius 2 is 1.82 bits per heavy atom. The van der Waals surface area contributed by atoms with E-state index in [-0.39, 0.29) is 0 Å². The summed E-state index contributed by atoms with van der Waals surface area (Å²) in [5.41, 5.74) is 0.301. The summed E-state index contributed by atoms with van der Waals surface area (Å²) >= 11 is 0. The molecule has 0 aliphatic rings. The largest absolute Gasteiger partial charge is 0.489 e. The van der Waals surface area contributed by atoms with Gasteiger partial charge in [-0.1, -0.05) is 42.5 Å². The summed E-state index contributed by atoms with van der Waals surface area (Å²) in [7, 11) is 0. The highest BCUT2D eigenvalue weighted by molar-refractivity contribution is 5.74. The van der Waals surface area contributed by atoms with Gasteiger partial charge in [0.1, 0.15) is 12.4 Å². The summed E-state index contributed by atoms with van der Waals surface area (Å²) in [6.07, 6.45) is -1.11. The molecular formula is C18H20O4. The van der Waals surface area contributed by atoms with Crippen molar-refractivity contribution in [3.63, 3.8) is 0 Å².